The number of nitrogens with zero attached hydrogens (tertiary/aromatic N) is 1. The number of thiazole rings is 1. The van der Waals surface area contributed by atoms with Crippen molar-refractivity contribution in [2.24, 2.45) is 0 Å². The minimum atomic E-state index is -0.0616. The predicted octanol–water partition coefficient (Wildman–Crippen LogP) is 2.39. The van der Waals surface area contributed by atoms with E-state index in [2.05, 4.69) is 4.98 Å². The third-order valence-corrected chi connectivity index (χ3v) is 3.07. The second-order valence-electron chi connectivity index (χ2n) is 3.26. The van der Waals surface area contributed by atoms with Gasteiger partial charge in [0, 0.05) is 11.8 Å². The summed E-state index contributed by atoms with van der Waals surface area (Å²) in [7, 11) is 3.10. The van der Waals surface area contributed by atoms with Gasteiger partial charge in [-0.25, -0.2) is 0 Å². The highest BCUT2D eigenvalue weighted by Crippen LogP contribution is 2.28. The molecular weight excluding hydrogens is 238 g/mol. The molecule has 1 aromatic heterocycles. The van der Waals surface area contributed by atoms with Crippen molar-refractivity contribution in [1.82, 2.24) is 4.98 Å². The fourth-order valence-electron chi connectivity index (χ4n) is 1.45. The van der Waals surface area contributed by atoms with Crippen LogP contribution in [0.2, 0.25) is 0 Å². The number of hydrogen-bond acceptors (Lipinski definition) is 5. The zero-order valence-corrected chi connectivity index (χ0v) is 10.3. The molecule has 0 aliphatic rings. The first-order valence-electron chi connectivity index (χ1n) is 4.91. The van der Waals surface area contributed by atoms with Crippen LogP contribution in [-0.2, 0) is 0 Å². The lowest BCUT2D eigenvalue weighted by atomic mass is 10.1. The number of hydrogen-bond donors (Lipinski definition) is 0. The summed E-state index contributed by atoms with van der Waals surface area (Å²) < 4.78 is 10.3. The van der Waals surface area contributed by atoms with Crippen molar-refractivity contribution in [3.63, 3.8) is 0 Å². The molecule has 0 amide bonds. The number of methoxy groups -OCH3 is 2. The Labute approximate surface area is 103 Å². The van der Waals surface area contributed by atoms with Gasteiger partial charge in [0.1, 0.15) is 0 Å². The Morgan fingerprint density at radius 3 is 2.59 bits per heavy atom. The summed E-state index contributed by atoms with van der Waals surface area (Å²) in [6, 6.07) is 5.09. The van der Waals surface area contributed by atoms with E-state index in [0.29, 0.717) is 21.9 Å². The highest BCUT2D eigenvalue weighted by atomic mass is 32.1. The Morgan fingerprint density at radius 1 is 1.24 bits per heavy atom. The van der Waals surface area contributed by atoms with Crippen molar-refractivity contribution in [3.8, 4) is 11.5 Å². The van der Waals surface area contributed by atoms with E-state index in [1.807, 2.05) is 0 Å². The molecule has 0 aliphatic heterocycles. The van der Waals surface area contributed by atoms with Crippen LogP contribution >= 0.6 is 11.3 Å². The van der Waals surface area contributed by atoms with Crippen molar-refractivity contribution >= 4 is 17.1 Å². The Kier molecular flexibility index (Phi) is 3.39. The maximum Gasteiger partial charge on any atom is 0.204 e. The quantitative estimate of drug-likeness (QED) is 0.781. The lowest BCUT2D eigenvalue weighted by Crippen LogP contribution is -2.00. The number of benzene rings is 1. The van der Waals surface area contributed by atoms with Gasteiger partial charge in [-0.2, -0.15) is 0 Å². The Balaban J connectivity index is 2.37. The van der Waals surface area contributed by atoms with Gasteiger partial charge in [0.05, 0.1) is 24.6 Å². The summed E-state index contributed by atoms with van der Waals surface area (Å²) in [5, 5.41) is 0. The van der Waals surface area contributed by atoms with Crippen LogP contribution in [0.4, 0.5) is 0 Å². The van der Waals surface area contributed by atoms with E-state index in [0.717, 1.165) is 0 Å². The summed E-state index contributed by atoms with van der Waals surface area (Å²) in [5.41, 5.74) is 2.19. The fraction of sp³-hybridized carbons (Fsp3) is 0.167. The van der Waals surface area contributed by atoms with Gasteiger partial charge < -0.3 is 9.47 Å². The molecule has 0 atom stereocenters. The number of rotatable bonds is 4. The van der Waals surface area contributed by atoms with Crippen molar-refractivity contribution < 1.29 is 14.3 Å². The molecule has 0 radical (unpaired) electrons. The van der Waals surface area contributed by atoms with E-state index in [1.165, 1.54) is 11.3 Å². The molecule has 4 nitrogen and oxygen atoms in total. The maximum absolute atomic E-state index is 12.0. The average Bonchev–Trinajstić information content (AvgIpc) is 2.90. The Bertz CT molecular complexity index is 523. The van der Waals surface area contributed by atoms with Gasteiger partial charge in [0.2, 0.25) is 5.78 Å². The topological polar surface area (TPSA) is 48.4 Å². The first-order valence-corrected chi connectivity index (χ1v) is 5.79. The minimum Gasteiger partial charge on any atom is -0.493 e. The summed E-state index contributed by atoms with van der Waals surface area (Å²) in [5.74, 6) is 1.09. The number of carbonyl (C=O) groups excluding carboxylic acids is 1. The number of aromatic nitrogens is 1. The smallest absolute Gasteiger partial charge is 0.204 e. The third-order valence-electron chi connectivity index (χ3n) is 2.30. The van der Waals surface area contributed by atoms with Gasteiger partial charge in [-0.05, 0) is 18.2 Å². The second-order valence-corrected chi connectivity index (χ2v) is 4.15. The van der Waals surface area contributed by atoms with Crippen LogP contribution in [0, 0.1) is 0 Å². The summed E-state index contributed by atoms with van der Waals surface area (Å²) in [6.45, 7) is 0. The van der Waals surface area contributed by atoms with Gasteiger partial charge >= 0.3 is 0 Å². The molecule has 0 spiro atoms. The molecule has 0 saturated heterocycles. The van der Waals surface area contributed by atoms with Crippen LogP contribution in [0.1, 0.15) is 15.2 Å². The largest absolute Gasteiger partial charge is 0.493 e. The number of ketones is 1. The van der Waals surface area contributed by atoms with Crippen LogP contribution in [0.25, 0.3) is 0 Å². The summed E-state index contributed by atoms with van der Waals surface area (Å²) in [6.07, 6.45) is 1.56. The molecule has 17 heavy (non-hydrogen) atoms. The van der Waals surface area contributed by atoms with Crippen molar-refractivity contribution in [1.29, 1.82) is 0 Å². The summed E-state index contributed by atoms with van der Waals surface area (Å²) in [4.78, 5) is 16.5. The summed E-state index contributed by atoms with van der Waals surface area (Å²) >= 11 is 1.32. The number of ether oxygens (including phenoxy) is 2. The van der Waals surface area contributed by atoms with Gasteiger partial charge in [0.25, 0.3) is 0 Å². The van der Waals surface area contributed by atoms with Gasteiger partial charge in [-0.1, -0.05) is 0 Å². The maximum atomic E-state index is 12.0. The molecule has 1 aromatic carbocycles. The second kappa shape index (κ2) is 4.97. The molecule has 0 saturated carbocycles. The lowest BCUT2D eigenvalue weighted by Gasteiger charge is -2.08. The molecule has 5 heteroatoms. The molecule has 2 rings (SSSR count). The van der Waals surface area contributed by atoms with E-state index in [1.54, 1.807) is 44.1 Å². The molecule has 88 valence electrons. The lowest BCUT2D eigenvalue weighted by molar-refractivity contribution is 0.104. The van der Waals surface area contributed by atoms with Crippen LogP contribution in [-0.4, -0.2) is 25.0 Å². The Hall–Kier alpha value is -1.88. The molecule has 0 N–H and O–H groups in total. The molecule has 1 heterocycles. The number of carbonyl (C=O) groups is 1. The van der Waals surface area contributed by atoms with E-state index < -0.39 is 0 Å². The van der Waals surface area contributed by atoms with E-state index in [-0.39, 0.29) is 5.78 Å². The highest BCUT2D eigenvalue weighted by molar-refractivity contribution is 7.11. The van der Waals surface area contributed by atoms with Crippen molar-refractivity contribution in [2.45, 2.75) is 0 Å². The van der Waals surface area contributed by atoms with Crippen LogP contribution in [0.15, 0.2) is 29.9 Å². The third kappa shape index (κ3) is 2.29. The molecule has 0 bridgehead atoms. The molecule has 0 aliphatic carbocycles. The normalized spacial score (nSPS) is 10.0. The van der Waals surface area contributed by atoms with E-state index in [4.69, 9.17) is 9.47 Å². The minimum absolute atomic E-state index is 0.0616. The fourth-order valence-corrected chi connectivity index (χ4v) is 2.03. The first kappa shape index (κ1) is 11.6. The van der Waals surface area contributed by atoms with Gasteiger partial charge in [-0.15, -0.1) is 11.3 Å². The predicted molar refractivity (Wildman–Crippen MR) is 65.1 cm³/mol. The van der Waals surface area contributed by atoms with Gasteiger partial charge in [-0.3, -0.25) is 9.78 Å². The first-order chi connectivity index (χ1) is 8.26. The molecule has 0 fully saturated rings. The highest BCUT2D eigenvalue weighted by Gasteiger charge is 2.13. The van der Waals surface area contributed by atoms with Crippen LogP contribution < -0.4 is 9.47 Å². The van der Waals surface area contributed by atoms with E-state index in [9.17, 15) is 4.79 Å². The molecule has 2 aromatic rings. The standard InChI is InChI=1S/C12H11NO3S/c1-15-9-4-3-8(5-10(9)16-2)12(14)11-6-13-7-17-11/h3-7H,1-2H3. The monoisotopic (exact) mass is 249 g/mol. The van der Waals surface area contributed by atoms with E-state index >= 15 is 0 Å². The van der Waals surface area contributed by atoms with Crippen molar-refractivity contribution in [2.75, 3.05) is 14.2 Å². The Morgan fingerprint density at radius 2 is 2.00 bits per heavy atom. The zero-order valence-electron chi connectivity index (χ0n) is 9.47. The van der Waals surface area contributed by atoms with Gasteiger partial charge in [0.15, 0.2) is 11.5 Å². The van der Waals surface area contributed by atoms with Crippen LogP contribution in [0.5, 0.6) is 11.5 Å². The molecular formula is C12H11NO3S. The molecule has 0 unspecified atom stereocenters. The zero-order chi connectivity index (χ0) is 12.3. The SMILES string of the molecule is COc1ccc(C(=O)c2cncs2)cc1OC. The van der Waals surface area contributed by atoms with Crippen molar-refractivity contribution in [3.05, 3.63) is 40.3 Å². The average molecular weight is 249 g/mol. The van der Waals surface area contributed by atoms with Crippen LogP contribution in [0.3, 0.4) is 0 Å².